The smallest absolute Gasteiger partial charge is 0.147 e. The molecule has 0 aliphatic heterocycles. The number of hydrogen-bond acceptors (Lipinski definition) is 3. The molecule has 0 fully saturated rings. The molecule has 72 valence electrons. The monoisotopic (exact) mass is 174 g/mol. The van der Waals surface area contributed by atoms with Gasteiger partial charge in [0.25, 0.3) is 0 Å². The second kappa shape index (κ2) is 10.6. The Labute approximate surface area is 74.0 Å². The van der Waals surface area contributed by atoms with Gasteiger partial charge >= 0.3 is 0 Å². The highest BCUT2D eigenvalue weighted by atomic mass is 16.7. The van der Waals surface area contributed by atoms with Crippen LogP contribution in [0.25, 0.3) is 0 Å². The minimum atomic E-state index is 0.0695. The van der Waals surface area contributed by atoms with Crippen molar-refractivity contribution in [3.63, 3.8) is 0 Å². The molecule has 1 N–H and O–H groups in total. The molecule has 3 heteroatoms. The lowest BCUT2D eigenvalue weighted by atomic mass is 10.4. The van der Waals surface area contributed by atoms with Crippen molar-refractivity contribution in [3.8, 4) is 0 Å². The summed E-state index contributed by atoms with van der Waals surface area (Å²) in [5.41, 5.74) is 0. The van der Waals surface area contributed by atoms with E-state index in [0.717, 1.165) is 19.4 Å². The van der Waals surface area contributed by atoms with Gasteiger partial charge in [0.1, 0.15) is 6.79 Å². The highest BCUT2D eigenvalue weighted by molar-refractivity contribution is 4.79. The zero-order valence-corrected chi connectivity index (χ0v) is 7.66. The summed E-state index contributed by atoms with van der Waals surface area (Å²) in [6.45, 7) is 3.80. The van der Waals surface area contributed by atoms with Gasteiger partial charge in [-0.25, -0.2) is 0 Å². The zero-order valence-electron chi connectivity index (χ0n) is 7.66. The third-order valence-corrected chi connectivity index (χ3v) is 1.30. The number of hydrogen-bond donors (Lipinski definition) is 1. The predicted molar refractivity (Wildman–Crippen MR) is 47.9 cm³/mol. The Morgan fingerprint density at radius 1 is 1.25 bits per heavy atom. The van der Waals surface area contributed by atoms with Crippen LogP contribution in [-0.4, -0.2) is 31.7 Å². The van der Waals surface area contributed by atoms with Crippen molar-refractivity contribution in [2.24, 2.45) is 0 Å². The maximum absolute atomic E-state index is 8.37. The van der Waals surface area contributed by atoms with Crippen molar-refractivity contribution in [2.45, 2.75) is 19.8 Å². The molecule has 0 aliphatic carbocycles. The van der Waals surface area contributed by atoms with Gasteiger partial charge in [-0.15, -0.1) is 0 Å². The fourth-order valence-corrected chi connectivity index (χ4v) is 0.623. The fourth-order valence-electron chi connectivity index (χ4n) is 0.623. The van der Waals surface area contributed by atoms with E-state index >= 15 is 0 Å². The largest absolute Gasteiger partial charge is 0.392 e. The van der Waals surface area contributed by atoms with Crippen molar-refractivity contribution < 1.29 is 14.6 Å². The van der Waals surface area contributed by atoms with E-state index < -0.39 is 0 Å². The summed E-state index contributed by atoms with van der Waals surface area (Å²) in [7, 11) is 0. The number of unbranched alkanes of at least 4 members (excludes halogenated alkanes) is 1. The molecule has 0 spiro atoms. The number of rotatable bonds is 8. The zero-order chi connectivity index (χ0) is 9.07. The van der Waals surface area contributed by atoms with Crippen LogP contribution >= 0.6 is 0 Å². The molecule has 0 bridgehead atoms. The Morgan fingerprint density at radius 2 is 2.08 bits per heavy atom. The maximum Gasteiger partial charge on any atom is 0.147 e. The van der Waals surface area contributed by atoms with Gasteiger partial charge in [-0.1, -0.05) is 25.5 Å². The van der Waals surface area contributed by atoms with Crippen LogP contribution in [0.3, 0.4) is 0 Å². The summed E-state index contributed by atoms with van der Waals surface area (Å²) in [5, 5.41) is 8.37. The molecular weight excluding hydrogens is 156 g/mol. The maximum atomic E-state index is 8.37. The molecule has 0 amide bonds. The molecule has 0 atom stereocenters. The van der Waals surface area contributed by atoms with E-state index in [2.05, 4.69) is 6.92 Å². The van der Waals surface area contributed by atoms with Crippen LogP contribution in [0.5, 0.6) is 0 Å². The molecule has 0 unspecified atom stereocenters. The highest BCUT2D eigenvalue weighted by Crippen LogP contribution is 1.88. The molecule has 0 radical (unpaired) electrons. The Hall–Kier alpha value is -0.380. The van der Waals surface area contributed by atoms with Crippen molar-refractivity contribution in [1.29, 1.82) is 0 Å². The Balaban J connectivity index is 2.86. The van der Waals surface area contributed by atoms with E-state index in [-0.39, 0.29) is 6.61 Å². The third-order valence-electron chi connectivity index (χ3n) is 1.30. The summed E-state index contributed by atoms with van der Waals surface area (Å²) in [6.07, 6.45) is 5.63. The number of ether oxygens (including phenoxy) is 2. The first-order chi connectivity index (χ1) is 5.91. The van der Waals surface area contributed by atoms with Crippen LogP contribution in [0.1, 0.15) is 19.8 Å². The lowest BCUT2D eigenvalue weighted by molar-refractivity contribution is -0.0446. The first kappa shape index (κ1) is 11.6. The Morgan fingerprint density at radius 3 is 2.75 bits per heavy atom. The van der Waals surface area contributed by atoms with Crippen LogP contribution in [-0.2, 0) is 9.47 Å². The molecule has 0 aromatic rings. The standard InChI is InChI=1S/C9H18O3/c1-2-3-7-11-9-12-8-5-4-6-10/h4-5,10H,2-3,6-9H2,1H3. The third kappa shape index (κ3) is 9.62. The normalized spacial score (nSPS) is 11.2. The van der Waals surface area contributed by atoms with E-state index in [4.69, 9.17) is 14.6 Å². The van der Waals surface area contributed by atoms with Crippen molar-refractivity contribution in [3.05, 3.63) is 12.2 Å². The summed E-state index contributed by atoms with van der Waals surface area (Å²) in [4.78, 5) is 0. The molecule has 0 saturated heterocycles. The average Bonchev–Trinajstić information content (AvgIpc) is 2.10. The second-order valence-corrected chi connectivity index (χ2v) is 2.40. The lowest BCUT2D eigenvalue weighted by Crippen LogP contribution is -2.01. The number of aliphatic hydroxyl groups is 1. The van der Waals surface area contributed by atoms with E-state index in [9.17, 15) is 0 Å². The second-order valence-electron chi connectivity index (χ2n) is 2.40. The molecule has 0 saturated carbocycles. The van der Waals surface area contributed by atoms with Crippen molar-refractivity contribution in [2.75, 3.05) is 26.6 Å². The van der Waals surface area contributed by atoms with Gasteiger partial charge in [-0.2, -0.15) is 0 Å². The predicted octanol–water partition coefficient (Wildman–Crippen LogP) is 1.33. The molecule has 0 aliphatic rings. The van der Waals surface area contributed by atoms with Crippen LogP contribution in [0.2, 0.25) is 0 Å². The van der Waals surface area contributed by atoms with Gasteiger partial charge < -0.3 is 14.6 Å². The first-order valence-corrected chi connectivity index (χ1v) is 4.33. The molecule has 0 aromatic heterocycles. The average molecular weight is 174 g/mol. The molecule has 12 heavy (non-hydrogen) atoms. The summed E-state index contributed by atoms with van der Waals surface area (Å²) >= 11 is 0. The van der Waals surface area contributed by atoms with E-state index in [1.54, 1.807) is 12.2 Å². The molecule has 0 rings (SSSR count). The van der Waals surface area contributed by atoms with Crippen LogP contribution < -0.4 is 0 Å². The molecule has 0 heterocycles. The van der Waals surface area contributed by atoms with Gasteiger partial charge in [0.05, 0.1) is 13.2 Å². The SMILES string of the molecule is CCCCOCOCC=CCO. The molecular formula is C9H18O3. The van der Waals surface area contributed by atoms with Gasteiger partial charge in [-0.3, -0.25) is 0 Å². The van der Waals surface area contributed by atoms with E-state index in [1.807, 2.05) is 0 Å². The van der Waals surface area contributed by atoms with E-state index in [0.29, 0.717) is 13.4 Å². The quantitative estimate of drug-likeness (QED) is 0.343. The van der Waals surface area contributed by atoms with Gasteiger partial charge in [0.2, 0.25) is 0 Å². The Bertz CT molecular complexity index is 102. The van der Waals surface area contributed by atoms with Crippen molar-refractivity contribution in [1.82, 2.24) is 0 Å². The van der Waals surface area contributed by atoms with Gasteiger partial charge in [-0.05, 0) is 6.42 Å². The minimum absolute atomic E-state index is 0.0695. The molecule has 3 nitrogen and oxygen atoms in total. The van der Waals surface area contributed by atoms with Crippen molar-refractivity contribution >= 4 is 0 Å². The summed E-state index contributed by atoms with van der Waals surface area (Å²) in [6, 6.07) is 0. The Kier molecular flexibility index (Phi) is 10.3. The fraction of sp³-hybridized carbons (Fsp3) is 0.778. The van der Waals surface area contributed by atoms with Gasteiger partial charge in [0, 0.05) is 6.61 Å². The summed E-state index contributed by atoms with van der Waals surface area (Å²) in [5.74, 6) is 0. The van der Waals surface area contributed by atoms with Crippen LogP contribution in [0, 0.1) is 0 Å². The number of aliphatic hydroxyl groups excluding tert-OH is 1. The lowest BCUT2D eigenvalue weighted by Gasteiger charge is -2.01. The topological polar surface area (TPSA) is 38.7 Å². The van der Waals surface area contributed by atoms with Gasteiger partial charge in [0.15, 0.2) is 0 Å². The highest BCUT2D eigenvalue weighted by Gasteiger charge is 1.85. The minimum Gasteiger partial charge on any atom is -0.392 e. The first-order valence-electron chi connectivity index (χ1n) is 4.33. The van der Waals surface area contributed by atoms with Crippen LogP contribution in [0.15, 0.2) is 12.2 Å². The molecule has 0 aromatic carbocycles. The summed E-state index contributed by atoms with van der Waals surface area (Å²) < 4.78 is 10.2. The van der Waals surface area contributed by atoms with E-state index in [1.165, 1.54) is 0 Å². The van der Waals surface area contributed by atoms with Crippen LogP contribution in [0.4, 0.5) is 0 Å².